The fraction of sp³-hybridized carbons (Fsp3) is 0.333. The van der Waals surface area contributed by atoms with Crippen molar-refractivity contribution < 1.29 is 9.32 Å². The molecule has 0 aliphatic carbocycles. The number of piperazine rings is 1. The minimum Gasteiger partial charge on any atom is -0.353 e. The van der Waals surface area contributed by atoms with E-state index < -0.39 is 0 Å². The number of amides is 1. The van der Waals surface area contributed by atoms with Crippen LogP contribution in [0.15, 0.2) is 47.1 Å². The third-order valence-corrected chi connectivity index (χ3v) is 5.04. The minimum absolute atomic E-state index is 0.102. The van der Waals surface area contributed by atoms with E-state index in [0.29, 0.717) is 31.2 Å². The lowest BCUT2D eigenvalue weighted by molar-refractivity contribution is 0.0746. The van der Waals surface area contributed by atoms with Crippen molar-refractivity contribution in [2.24, 2.45) is 0 Å². The normalized spacial score (nSPS) is 14.4. The maximum atomic E-state index is 12.8. The van der Waals surface area contributed by atoms with Crippen molar-refractivity contribution in [3.8, 4) is 11.4 Å². The van der Waals surface area contributed by atoms with Gasteiger partial charge in [-0.1, -0.05) is 30.3 Å². The molecule has 0 radical (unpaired) electrons. The van der Waals surface area contributed by atoms with Crippen molar-refractivity contribution in [3.05, 3.63) is 59.6 Å². The zero-order chi connectivity index (χ0) is 19.5. The second kappa shape index (κ2) is 7.80. The molecular weight excluding hydrogens is 354 g/mol. The highest BCUT2D eigenvalue weighted by Gasteiger charge is 2.23. The molecule has 1 aliphatic heterocycles. The van der Waals surface area contributed by atoms with E-state index >= 15 is 0 Å². The molecule has 1 saturated heterocycles. The highest BCUT2D eigenvalue weighted by molar-refractivity contribution is 5.95. The molecule has 1 aliphatic rings. The number of hydrogen-bond acceptors (Lipinski definition) is 6. The number of benzene rings is 1. The molecule has 3 aromatic rings. The van der Waals surface area contributed by atoms with E-state index in [9.17, 15) is 4.79 Å². The summed E-state index contributed by atoms with van der Waals surface area (Å²) in [4.78, 5) is 25.8. The Hall–Kier alpha value is -3.22. The van der Waals surface area contributed by atoms with Gasteiger partial charge in [-0.3, -0.25) is 4.79 Å². The van der Waals surface area contributed by atoms with Gasteiger partial charge in [0.2, 0.25) is 11.7 Å². The first kappa shape index (κ1) is 18.2. The van der Waals surface area contributed by atoms with Gasteiger partial charge in [-0.25, -0.2) is 4.98 Å². The predicted molar refractivity (Wildman–Crippen MR) is 106 cm³/mol. The van der Waals surface area contributed by atoms with Crippen molar-refractivity contribution in [2.45, 2.75) is 20.3 Å². The summed E-state index contributed by atoms with van der Waals surface area (Å²) in [6, 6.07) is 11.7. The Bertz CT molecular complexity index is 959. The molecule has 0 spiro atoms. The van der Waals surface area contributed by atoms with Crippen LogP contribution in [0, 0.1) is 6.92 Å². The number of aromatic nitrogens is 3. The van der Waals surface area contributed by atoms with Gasteiger partial charge >= 0.3 is 0 Å². The number of anilines is 1. The van der Waals surface area contributed by atoms with Crippen LogP contribution in [0.3, 0.4) is 0 Å². The highest BCUT2D eigenvalue weighted by Crippen LogP contribution is 2.20. The van der Waals surface area contributed by atoms with Gasteiger partial charge in [-0.15, -0.1) is 0 Å². The summed E-state index contributed by atoms with van der Waals surface area (Å²) >= 11 is 0. The van der Waals surface area contributed by atoms with Gasteiger partial charge in [-0.2, -0.15) is 4.98 Å². The SMILES string of the molecule is CCc1nc(-c2ccc(N3CCN(C(=O)c4ccccc4C)CC3)nc2)no1. The van der Waals surface area contributed by atoms with Gasteiger partial charge in [0.05, 0.1) is 0 Å². The molecule has 28 heavy (non-hydrogen) atoms. The van der Waals surface area contributed by atoms with Crippen LogP contribution in [0.2, 0.25) is 0 Å². The largest absolute Gasteiger partial charge is 0.353 e. The van der Waals surface area contributed by atoms with E-state index in [4.69, 9.17) is 4.52 Å². The van der Waals surface area contributed by atoms with Crippen molar-refractivity contribution in [2.75, 3.05) is 31.1 Å². The summed E-state index contributed by atoms with van der Waals surface area (Å²) < 4.78 is 5.16. The molecule has 7 nitrogen and oxygen atoms in total. The molecule has 0 N–H and O–H groups in total. The summed E-state index contributed by atoms with van der Waals surface area (Å²) in [7, 11) is 0. The first-order chi connectivity index (χ1) is 13.7. The van der Waals surface area contributed by atoms with Crippen molar-refractivity contribution >= 4 is 11.7 Å². The van der Waals surface area contributed by atoms with E-state index in [2.05, 4.69) is 20.0 Å². The maximum Gasteiger partial charge on any atom is 0.254 e. The molecular formula is C21H23N5O2. The number of rotatable bonds is 4. The number of carbonyl (C=O) groups is 1. The number of hydrogen-bond donors (Lipinski definition) is 0. The lowest BCUT2D eigenvalue weighted by atomic mass is 10.1. The first-order valence-electron chi connectivity index (χ1n) is 9.54. The van der Waals surface area contributed by atoms with Crippen LogP contribution in [-0.2, 0) is 6.42 Å². The third-order valence-electron chi connectivity index (χ3n) is 5.04. The molecule has 0 unspecified atom stereocenters. The number of aryl methyl sites for hydroxylation is 2. The molecule has 2 aromatic heterocycles. The van der Waals surface area contributed by atoms with Crippen LogP contribution in [0.25, 0.3) is 11.4 Å². The summed E-state index contributed by atoms with van der Waals surface area (Å²) in [5, 5.41) is 3.98. The van der Waals surface area contributed by atoms with Crippen LogP contribution in [0.5, 0.6) is 0 Å². The second-order valence-corrected chi connectivity index (χ2v) is 6.86. The van der Waals surface area contributed by atoms with Gasteiger partial charge < -0.3 is 14.3 Å². The van der Waals surface area contributed by atoms with E-state index in [1.165, 1.54) is 0 Å². The lowest BCUT2D eigenvalue weighted by Crippen LogP contribution is -2.49. The molecule has 0 saturated carbocycles. The third kappa shape index (κ3) is 3.60. The minimum atomic E-state index is 0.102. The van der Waals surface area contributed by atoms with Crippen molar-refractivity contribution in [1.29, 1.82) is 0 Å². The topological polar surface area (TPSA) is 75.4 Å². The van der Waals surface area contributed by atoms with Gasteiger partial charge in [-0.05, 0) is 30.7 Å². The highest BCUT2D eigenvalue weighted by atomic mass is 16.5. The molecule has 7 heteroatoms. The number of carbonyl (C=O) groups excluding carboxylic acids is 1. The summed E-state index contributed by atoms with van der Waals surface area (Å²) in [5.74, 6) is 2.17. The summed E-state index contributed by atoms with van der Waals surface area (Å²) in [5.41, 5.74) is 2.63. The van der Waals surface area contributed by atoms with Gasteiger partial charge in [0, 0.05) is 49.9 Å². The van der Waals surface area contributed by atoms with Crippen LogP contribution in [0.1, 0.15) is 28.7 Å². The van der Waals surface area contributed by atoms with E-state index in [1.807, 2.05) is 55.1 Å². The van der Waals surface area contributed by atoms with Crippen LogP contribution in [-0.4, -0.2) is 52.1 Å². The van der Waals surface area contributed by atoms with E-state index in [1.54, 1.807) is 6.20 Å². The number of pyridine rings is 1. The Labute approximate surface area is 164 Å². The van der Waals surface area contributed by atoms with E-state index in [-0.39, 0.29) is 5.91 Å². The summed E-state index contributed by atoms with van der Waals surface area (Å²) in [6.45, 7) is 6.82. The molecule has 0 bridgehead atoms. The molecule has 1 fully saturated rings. The van der Waals surface area contributed by atoms with E-state index in [0.717, 1.165) is 35.6 Å². The molecule has 1 aromatic carbocycles. The van der Waals surface area contributed by atoms with Crippen molar-refractivity contribution in [1.82, 2.24) is 20.0 Å². The Morgan fingerprint density at radius 2 is 1.89 bits per heavy atom. The zero-order valence-corrected chi connectivity index (χ0v) is 16.1. The Morgan fingerprint density at radius 3 is 2.54 bits per heavy atom. The fourth-order valence-corrected chi connectivity index (χ4v) is 3.34. The van der Waals surface area contributed by atoms with Gasteiger partial charge in [0.15, 0.2) is 0 Å². The average molecular weight is 377 g/mol. The van der Waals surface area contributed by atoms with Gasteiger partial charge in [0.25, 0.3) is 5.91 Å². The van der Waals surface area contributed by atoms with Crippen molar-refractivity contribution in [3.63, 3.8) is 0 Å². The second-order valence-electron chi connectivity index (χ2n) is 6.86. The standard InChI is InChI=1S/C21H23N5O2/c1-3-19-23-20(24-28-19)16-8-9-18(22-14-16)25-10-12-26(13-11-25)21(27)17-7-5-4-6-15(17)2/h4-9,14H,3,10-13H2,1-2H3. The molecule has 4 rings (SSSR count). The maximum absolute atomic E-state index is 12.8. The Balaban J connectivity index is 1.40. The average Bonchev–Trinajstić information content (AvgIpc) is 3.23. The van der Waals surface area contributed by atoms with Crippen LogP contribution in [0.4, 0.5) is 5.82 Å². The molecule has 3 heterocycles. The van der Waals surface area contributed by atoms with Crippen LogP contribution < -0.4 is 4.90 Å². The molecule has 1 amide bonds. The lowest BCUT2D eigenvalue weighted by Gasteiger charge is -2.35. The molecule has 144 valence electrons. The Morgan fingerprint density at radius 1 is 1.11 bits per heavy atom. The molecule has 0 atom stereocenters. The quantitative estimate of drug-likeness (QED) is 0.696. The monoisotopic (exact) mass is 377 g/mol. The number of nitrogens with zero attached hydrogens (tertiary/aromatic N) is 5. The van der Waals surface area contributed by atoms with Crippen LogP contribution >= 0.6 is 0 Å². The zero-order valence-electron chi connectivity index (χ0n) is 16.1. The summed E-state index contributed by atoms with van der Waals surface area (Å²) in [6.07, 6.45) is 2.48. The van der Waals surface area contributed by atoms with Gasteiger partial charge in [0.1, 0.15) is 5.82 Å². The first-order valence-corrected chi connectivity index (χ1v) is 9.54. The smallest absolute Gasteiger partial charge is 0.254 e. The predicted octanol–water partition coefficient (Wildman–Crippen LogP) is 2.96. The Kier molecular flexibility index (Phi) is 5.06. The fourth-order valence-electron chi connectivity index (χ4n) is 3.34.